The number of carbonyl (C=O) groups excluding carboxylic acids is 1. The zero-order chi connectivity index (χ0) is 10.1. The van der Waals surface area contributed by atoms with Gasteiger partial charge in [0.1, 0.15) is 5.82 Å². The molecule has 1 aliphatic heterocycles. The number of hydrogen-bond acceptors (Lipinski definition) is 3. The molecule has 0 spiro atoms. The van der Waals surface area contributed by atoms with Gasteiger partial charge < -0.3 is 9.88 Å². The van der Waals surface area contributed by atoms with Crippen LogP contribution in [0.4, 0.5) is 0 Å². The molecule has 2 rings (SSSR count). The van der Waals surface area contributed by atoms with Gasteiger partial charge in [0.25, 0.3) is 0 Å². The minimum absolute atomic E-state index is 0.127. The van der Waals surface area contributed by atoms with Gasteiger partial charge in [-0.25, -0.2) is 0 Å². The molecule has 1 atom stereocenters. The topological polar surface area (TPSA) is 62.7 Å². The van der Waals surface area contributed by atoms with E-state index in [9.17, 15) is 4.79 Å². The van der Waals surface area contributed by atoms with Crippen molar-refractivity contribution in [2.24, 2.45) is 0 Å². The molecular weight excluding hydrogens is 200 g/mol. The summed E-state index contributed by atoms with van der Waals surface area (Å²) < 4.78 is 2.52. The second kappa shape index (κ2) is 3.53. The first-order valence-corrected chi connectivity index (χ1v) is 4.99. The molecule has 0 radical (unpaired) electrons. The molecule has 2 N–H and O–H groups in total. The van der Waals surface area contributed by atoms with Gasteiger partial charge in [-0.2, -0.15) is 5.10 Å². The number of amides is 1. The normalized spacial score (nSPS) is 21.2. The van der Waals surface area contributed by atoms with Crippen molar-refractivity contribution in [3.63, 3.8) is 0 Å². The molecule has 1 aromatic heterocycles. The van der Waals surface area contributed by atoms with Gasteiger partial charge in [-0.05, 0) is 25.6 Å². The van der Waals surface area contributed by atoms with Crippen molar-refractivity contribution in [2.75, 3.05) is 0 Å². The lowest BCUT2D eigenvalue weighted by Gasteiger charge is -2.10. The maximum absolute atomic E-state index is 11.0. The number of nitrogens with zero attached hydrogens (tertiary/aromatic N) is 2. The van der Waals surface area contributed by atoms with Crippen LogP contribution in [0.25, 0.3) is 0 Å². The van der Waals surface area contributed by atoms with E-state index in [-0.39, 0.29) is 11.9 Å². The van der Waals surface area contributed by atoms with Crippen LogP contribution in [0.3, 0.4) is 0 Å². The van der Waals surface area contributed by atoms with Crippen molar-refractivity contribution < 1.29 is 4.79 Å². The molecule has 1 amide bonds. The van der Waals surface area contributed by atoms with Gasteiger partial charge in [-0.3, -0.25) is 9.89 Å². The Morgan fingerprint density at radius 3 is 3.00 bits per heavy atom. The summed E-state index contributed by atoms with van der Waals surface area (Å²) in [5.74, 6) is 0.985. The van der Waals surface area contributed by atoms with E-state index < -0.39 is 0 Å². The summed E-state index contributed by atoms with van der Waals surface area (Å²) in [6.45, 7) is 2.61. The number of carbonyl (C=O) groups is 1. The molecule has 1 saturated heterocycles. The van der Waals surface area contributed by atoms with Crippen LogP contribution in [0.2, 0.25) is 0 Å². The summed E-state index contributed by atoms with van der Waals surface area (Å²) >= 11 is 5.07. The largest absolute Gasteiger partial charge is 0.352 e. The Labute approximate surface area is 86.5 Å². The lowest BCUT2D eigenvalue weighted by Crippen LogP contribution is -2.29. The molecule has 1 unspecified atom stereocenters. The molecule has 0 saturated carbocycles. The number of rotatable bonds is 2. The molecule has 0 aromatic carbocycles. The highest BCUT2D eigenvalue weighted by atomic mass is 32.1. The predicted octanol–water partition coefficient (Wildman–Crippen LogP) is 0.528. The van der Waals surface area contributed by atoms with Crippen molar-refractivity contribution in [2.45, 2.75) is 32.4 Å². The first kappa shape index (κ1) is 9.39. The van der Waals surface area contributed by atoms with Gasteiger partial charge in [-0.1, -0.05) is 0 Å². The smallest absolute Gasteiger partial charge is 0.220 e. The summed E-state index contributed by atoms with van der Waals surface area (Å²) in [6.07, 6.45) is 1.50. The third-order valence-electron chi connectivity index (χ3n) is 2.44. The molecule has 1 aliphatic rings. The second-order valence-corrected chi connectivity index (χ2v) is 3.88. The molecule has 1 aromatic rings. The number of hydrogen-bond donors (Lipinski definition) is 2. The van der Waals surface area contributed by atoms with E-state index >= 15 is 0 Å². The molecule has 0 bridgehead atoms. The summed E-state index contributed by atoms with van der Waals surface area (Å²) in [5, 5.41) is 9.63. The number of nitrogens with one attached hydrogen (secondary N) is 2. The van der Waals surface area contributed by atoms with Gasteiger partial charge in [0.05, 0.1) is 0 Å². The predicted molar refractivity (Wildman–Crippen MR) is 53.3 cm³/mol. The Bertz CT molecular complexity index is 408. The fourth-order valence-electron chi connectivity index (χ4n) is 1.65. The monoisotopic (exact) mass is 212 g/mol. The van der Waals surface area contributed by atoms with Crippen molar-refractivity contribution in [1.29, 1.82) is 0 Å². The lowest BCUT2D eigenvalue weighted by molar-refractivity contribution is -0.119. The number of aryl methyl sites for hydroxylation is 1. The van der Waals surface area contributed by atoms with Crippen LogP contribution in [-0.2, 0) is 11.3 Å². The molecular formula is C8H12N4OS. The third-order valence-corrected chi connectivity index (χ3v) is 2.75. The third kappa shape index (κ3) is 1.70. The summed E-state index contributed by atoms with van der Waals surface area (Å²) in [5.41, 5.74) is 0. The quantitative estimate of drug-likeness (QED) is 0.703. The lowest BCUT2D eigenvalue weighted by atomic mass is 10.2. The summed E-state index contributed by atoms with van der Waals surface area (Å²) in [4.78, 5) is 11.0. The fraction of sp³-hybridized carbons (Fsp3) is 0.625. The molecule has 14 heavy (non-hydrogen) atoms. The first-order valence-electron chi connectivity index (χ1n) is 4.58. The zero-order valence-corrected chi connectivity index (χ0v) is 8.73. The van der Waals surface area contributed by atoms with Crippen LogP contribution >= 0.6 is 12.2 Å². The van der Waals surface area contributed by atoms with Crippen molar-refractivity contribution >= 4 is 18.1 Å². The van der Waals surface area contributed by atoms with E-state index in [4.69, 9.17) is 12.2 Å². The van der Waals surface area contributed by atoms with E-state index in [0.29, 0.717) is 17.7 Å². The van der Waals surface area contributed by atoms with Crippen molar-refractivity contribution in [1.82, 2.24) is 20.1 Å². The summed E-state index contributed by atoms with van der Waals surface area (Å²) in [6, 6.07) is 0.200. The Morgan fingerprint density at radius 2 is 2.50 bits per heavy atom. The van der Waals surface area contributed by atoms with E-state index in [1.54, 1.807) is 0 Å². The second-order valence-electron chi connectivity index (χ2n) is 3.49. The Kier molecular flexibility index (Phi) is 2.37. The van der Waals surface area contributed by atoms with E-state index in [1.165, 1.54) is 0 Å². The minimum atomic E-state index is 0.127. The Balaban J connectivity index is 2.11. The van der Waals surface area contributed by atoms with Crippen molar-refractivity contribution in [3.8, 4) is 0 Å². The average molecular weight is 212 g/mol. The van der Waals surface area contributed by atoms with Crippen LogP contribution < -0.4 is 5.32 Å². The minimum Gasteiger partial charge on any atom is -0.352 e. The molecule has 5 nitrogen and oxygen atoms in total. The summed E-state index contributed by atoms with van der Waals surface area (Å²) in [7, 11) is 0. The molecule has 6 heteroatoms. The van der Waals surface area contributed by atoms with Gasteiger partial charge in [-0.15, -0.1) is 0 Å². The molecule has 2 heterocycles. The van der Waals surface area contributed by atoms with Crippen molar-refractivity contribution in [3.05, 3.63) is 10.6 Å². The van der Waals surface area contributed by atoms with Gasteiger partial charge >= 0.3 is 0 Å². The van der Waals surface area contributed by atoms with E-state index in [0.717, 1.165) is 12.2 Å². The number of aromatic nitrogens is 3. The van der Waals surface area contributed by atoms with Crippen LogP contribution in [-0.4, -0.2) is 26.7 Å². The molecule has 1 fully saturated rings. The SMILES string of the molecule is Cc1n[nH]c(=S)n1CC1CCC(=O)N1. The highest BCUT2D eigenvalue weighted by Gasteiger charge is 2.21. The Morgan fingerprint density at radius 1 is 1.71 bits per heavy atom. The fourth-order valence-corrected chi connectivity index (χ4v) is 1.90. The van der Waals surface area contributed by atoms with E-state index in [2.05, 4.69) is 15.5 Å². The maximum atomic E-state index is 11.0. The molecule has 76 valence electrons. The van der Waals surface area contributed by atoms with Crippen LogP contribution in [0.1, 0.15) is 18.7 Å². The van der Waals surface area contributed by atoms with Crippen LogP contribution in [0, 0.1) is 11.7 Å². The van der Waals surface area contributed by atoms with Gasteiger partial charge in [0.15, 0.2) is 4.77 Å². The average Bonchev–Trinajstić information content (AvgIpc) is 2.67. The van der Waals surface area contributed by atoms with Crippen LogP contribution in [0.15, 0.2) is 0 Å². The highest BCUT2D eigenvalue weighted by molar-refractivity contribution is 7.71. The first-order chi connectivity index (χ1) is 6.66. The molecule has 0 aliphatic carbocycles. The highest BCUT2D eigenvalue weighted by Crippen LogP contribution is 2.09. The standard InChI is InChI=1S/C8H12N4OS/c1-5-10-11-8(14)12(5)4-6-2-3-7(13)9-6/h6H,2-4H2,1H3,(H,9,13)(H,11,14). The van der Waals surface area contributed by atoms with Gasteiger partial charge in [0.2, 0.25) is 5.91 Å². The van der Waals surface area contributed by atoms with Gasteiger partial charge in [0, 0.05) is 19.0 Å². The Hall–Kier alpha value is -1.17. The maximum Gasteiger partial charge on any atom is 0.220 e. The van der Waals surface area contributed by atoms with Crippen LogP contribution in [0.5, 0.6) is 0 Å². The zero-order valence-electron chi connectivity index (χ0n) is 7.91. The van der Waals surface area contributed by atoms with E-state index in [1.807, 2.05) is 11.5 Å². The number of aromatic amines is 1. The number of H-pyrrole nitrogens is 1.